The predicted molar refractivity (Wildman–Crippen MR) is 102 cm³/mol. The molecule has 0 radical (unpaired) electrons. The van der Waals surface area contributed by atoms with E-state index in [9.17, 15) is 18.0 Å². The van der Waals surface area contributed by atoms with Crippen molar-refractivity contribution in [3.05, 3.63) is 23.3 Å². The number of carbonyl (C=O) groups is 2. The molecule has 1 aliphatic rings. The van der Waals surface area contributed by atoms with Gasteiger partial charge in [-0.05, 0) is 64.2 Å². The molecule has 0 saturated heterocycles. The zero-order chi connectivity index (χ0) is 20.4. The van der Waals surface area contributed by atoms with E-state index in [1.54, 1.807) is 39.8 Å². The molecule has 0 aromatic heterocycles. The maximum absolute atomic E-state index is 12.6. The fourth-order valence-electron chi connectivity index (χ4n) is 2.80. The van der Waals surface area contributed by atoms with Gasteiger partial charge in [-0.1, -0.05) is 6.07 Å². The summed E-state index contributed by atoms with van der Waals surface area (Å²) in [7, 11) is -3.66. The Morgan fingerprint density at radius 3 is 2.41 bits per heavy atom. The summed E-state index contributed by atoms with van der Waals surface area (Å²) in [4.78, 5) is 23.2. The highest BCUT2D eigenvalue weighted by molar-refractivity contribution is 7.89. The number of anilines is 1. The van der Waals surface area contributed by atoms with Gasteiger partial charge in [-0.3, -0.25) is 4.79 Å². The van der Waals surface area contributed by atoms with Crippen molar-refractivity contribution in [1.29, 1.82) is 0 Å². The van der Waals surface area contributed by atoms with E-state index in [1.807, 2.05) is 0 Å². The summed E-state index contributed by atoms with van der Waals surface area (Å²) in [5.41, 5.74) is 0.738. The van der Waals surface area contributed by atoms with Gasteiger partial charge in [0.25, 0.3) is 0 Å². The minimum atomic E-state index is -3.66. The van der Waals surface area contributed by atoms with Gasteiger partial charge in [0, 0.05) is 23.7 Å². The fourth-order valence-corrected chi connectivity index (χ4v) is 4.60. The number of carbonyl (C=O) groups excluding carboxylic acids is 1. The van der Waals surface area contributed by atoms with Gasteiger partial charge in [-0.2, -0.15) is 0 Å². The number of sulfonamides is 1. The van der Waals surface area contributed by atoms with Gasteiger partial charge in [-0.15, -0.1) is 0 Å². The summed E-state index contributed by atoms with van der Waals surface area (Å²) in [6.45, 7) is 6.83. The number of rotatable bonds is 8. The van der Waals surface area contributed by atoms with Crippen LogP contribution in [0, 0.1) is 13.8 Å². The van der Waals surface area contributed by atoms with Crippen LogP contribution in [0.3, 0.4) is 0 Å². The third-order valence-electron chi connectivity index (χ3n) is 4.43. The number of nitrogens with one attached hydrogen (secondary N) is 3. The van der Waals surface area contributed by atoms with E-state index in [0.29, 0.717) is 16.8 Å². The fraction of sp³-hybridized carbons (Fsp3) is 0.556. The highest BCUT2D eigenvalue weighted by Gasteiger charge is 2.30. The van der Waals surface area contributed by atoms with Crippen LogP contribution in [0.15, 0.2) is 17.0 Å². The average Bonchev–Trinajstić information content (AvgIpc) is 3.31. The van der Waals surface area contributed by atoms with Crippen molar-refractivity contribution in [3.63, 3.8) is 0 Å². The Hall–Kier alpha value is -2.13. The van der Waals surface area contributed by atoms with Crippen molar-refractivity contribution in [2.45, 2.75) is 69.9 Å². The predicted octanol–water partition coefficient (Wildman–Crippen LogP) is 2.51. The van der Waals surface area contributed by atoms with Crippen LogP contribution in [0.2, 0.25) is 0 Å². The lowest BCUT2D eigenvalue weighted by molar-refractivity contribution is -0.137. The second kappa shape index (κ2) is 7.85. The Kier molecular flexibility index (Phi) is 6.16. The Labute approximate surface area is 159 Å². The number of benzene rings is 1. The number of aryl methyl sites for hydroxylation is 1. The number of carboxylic acids is 1. The number of aliphatic carboxylic acids is 1. The number of urea groups is 1. The van der Waals surface area contributed by atoms with Crippen LogP contribution in [0.25, 0.3) is 0 Å². The Morgan fingerprint density at radius 2 is 1.85 bits per heavy atom. The Morgan fingerprint density at radius 1 is 1.22 bits per heavy atom. The third kappa shape index (κ3) is 5.93. The topological polar surface area (TPSA) is 125 Å². The van der Waals surface area contributed by atoms with Crippen LogP contribution in [-0.2, 0) is 14.8 Å². The van der Waals surface area contributed by atoms with Gasteiger partial charge in [0.1, 0.15) is 0 Å². The molecule has 8 nitrogen and oxygen atoms in total. The molecule has 150 valence electrons. The first-order valence-corrected chi connectivity index (χ1v) is 10.3. The average molecular weight is 397 g/mol. The zero-order valence-corrected chi connectivity index (χ0v) is 16.9. The molecule has 0 atom stereocenters. The van der Waals surface area contributed by atoms with Crippen molar-refractivity contribution in [2.75, 3.05) is 5.32 Å². The lowest BCUT2D eigenvalue weighted by atomic mass is 9.99. The lowest BCUT2D eigenvalue weighted by Crippen LogP contribution is -2.45. The van der Waals surface area contributed by atoms with Crippen LogP contribution >= 0.6 is 0 Å². The lowest BCUT2D eigenvalue weighted by Gasteiger charge is -2.26. The molecule has 27 heavy (non-hydrogen) atoms. The zero-order valence-electron chi connectivity index (χ0n) is 16.0. The molecular weight excluding hydrogens is 370 g/mol. The summed E-state index contributed by atoms with van der Waals surface area (Å²) < 4.78 is 28.0. The van der Waals surface area contributed by atoms with Crippen LogP contribution < -0.4 is 15.4 Å². The molecule has 1 aliphatic carbocycles. The summed E-state index contributed by atoms with van der Waals surface area (Å²) >= 11 is 0. The SMILES string of the molecule is Cc1ccc(NC(=O)NC(C)(C)CCC(=O)O)c(C)c1S(=O)(=O)NC1CC1. The highest BCUT2D eigenvalue weighted by Crippen LogP contribution is 2.29. The Bertz CT molecular complexity index is 845. The van der Waals surface area contributed by atoms with Crippen LogP contribution in [-0.4, -0.2) is 37.1 Å². The van der Waals surface area contributed by atoms with Gasteiger partial charge in [0.15, 0.2) is 0 Å². The molecule has 2 amide bonds. The minimum absolute atomic E-state index is 0.0104. The molecule has 0 aliphatic heterocycles. The van der Waals surface area contributed by atoms with Gasteiger partial charge in [0.2, 0.25) is 10.0 Å². The molecule has 1 fully saturated rings. The normalized spacial score (nSPS) is 14.7. The smallest absolute Gasteiger partial charge is 0.319 e. The third-order valence-corrected chi connectivity index (χ3v) is 6.24. The maximum atomic E-state index is 12.6. The second-order valence-electron chi connectivity index (χ2n) is 7.64. The number of hydrogen-bond donors (Lipinski definition) is 4. The number of hydrogen-bond acceptors (Lipinski definition) is 4. The summed E-state index contributed by atoms with van der Waals surface area (Å²) in [5.74, 6) is -0.933. The van der Waals surface area contributed by atoms with Crippen molar-refractivity contribution >= 4 is 27.7 Å². The number of carboxylic acid groups (broad SMARTS) is 1. The van der Waals surface area contributed by atoms with E-state index in [-0.39, 0.29) is 23.8 Å². The second-order valence-corrected chi connectivity index (χ2v) is 9.29. The Balaban J connectivity index is 2.16. The standard InChI is InChI=1S/C18H27N3O5S/c1-11-5-8-14(12(2)16(11)27(25,26)21-13-6-7-13)19-17(24)20-18(3,4)10-9-15(22)23/h5,8,13,21H,6-7,9-10H2,1-4H3,(H,22,23)(H2,19,20,24). The van der Waals surface area contributed by atoms with Gasteiger partial charge < -0.3 is 15.7 Å². The van der Waals surface area contributed by atoms with Crippen molar-refractivity contribution in [1.82, 2.24) is 10.0 Å². The quantitative estimate of drug-likeness (QED) is 0.536. The molecule has 0 bridgehead atoms. The summed E-state index contributed by atoms with van der Waals surface area (Å²) in [6.07, 6.45) is 1.88. The van der Waals surface area contributed by atoms with Gasteiger partial charge in [-0.25, -0.2) is 17.9 Å². The minimum Gasteiger partial charge on any atom is -0.481 e. The molecule has 1 aromatic carbocycles. The van der Waals surface area contributed by atoms with Gasteiger partial charge >= 0.3 is 12.0 Å². The maximum Gasteiger partial charge on any atom is 0.319 e. The first kappa shape index (κ1) is 21.2. The first-order valence-electron chi connectivity index (χ1n) is 8.85. The molecule has 9 heteroatoms. The van der Waals surface area contributed by atoms with E-state index < -0.39 is 27.6 Å². The molecule has 4 N–H and O–H groups in total. The summed E-state index contributed by atoms with van der Waals surface area (Å²) in [5, 5.41) is 14.2. The van der Waals surface area contributed by atoms with E-state index in [1.165, 1.54) is 0 Å². The van der Waals surface area contributed by atoms with E-state index in [2.05, 4.69) is 15.4 Å². The first-order chi connectivity index (χ1) is 12.4. The van der Waals surface area contributed by atoms with Crippen LogP contribution in [0.1, 0.15) is 50.7 Å². The molecular formula is C18H27N3O5S. The van der Waals surface area contributed by atoms with Crippen molar-refractivity contribution in [2.24, 2.45) is 0 Å². The highest BCUT2D eigenvalue weighted by atomic mass is 32.2. The number of amides is 2. The molecule has 1 saturated carbocycles. The van der Waals surface area contributed by atoms with Gasteiger partial charge in [0.05, 0.1) is 4.90 Å². The van der Waals surface area contributed by atoms with E-state index >= 15 is 0 Å². The van der Waals surface area contributed by atoms with Crippen molar-refractivity contribution < 1.29 is 23.1 Å². The largest absolute Gasteiger partial charge is 0.481 e. The van der Waals surface area contributed by atoms with Crippen LogP contribution in [0.5, 0.6) is 0 Å². The molecule has 2 rings (SSSR count). The summed E-state index contributed by atoms with van der Waals surface area (Å²) in [6, 6.07) is 2.78. The molecule has 1 aromatic rings. The molecule has 0 spiro atoms. The monoisotopic (exact) mass is 397 g/mol. The van der Waals surface area contributed by atoms with Crippen LogP contribution in [0.4, 0.5) is 10.5 Å². The van der Waals surface area contributed by atoms with E-state index in [4.69, 9.17) is 5.11 Å². The molecule has 0 unspecified atom stereocenters. The van der Waals surface area contributed by atoms with E-state index in [0.717, 1.165) is 12.8 Å². The van der Waals surface area contributed by atoms with Crippen molar-refractivity contribution in [3.8, 4) is 0 Å². The molecule has 0 heterocycles.